The molecule has 9 nitrogen and oxygen atoms in total. The molecule has 1 saturated carbocycles. The fraction of sp³-hybridized carbons (Fsp3) is 0.455. The van der Waals surface area contributed by atoms with E-state index < -0.39 is 11.8 Å². The van der Waals surface area contributed by atoms with Gasteiger partial charge in [0.1, 0.15) is 5.56 Å². The van der Waals surface area contributed by atoms with Crippen molar-refractivity contribution in [2.45, 2.75) is 25.3 Å². The fourth-order valence-corrected chi connectivity index (χ4v) is 4.51. The Kier molecular flexibility index (Phi) is 6.63. The molecule has 0 radical (unpaired) electrons. The highest BCUT2D eigenvalue weighted by Gasteiger charge is 2.38. The number of carbonyl (C=O) groups excluding carboxylic acids is 2. The van der Waals surface area contributed by atoms with Crippen LogP contribution in [0.5, 0.6) is 0 Å². The minimum absolute atomic E-state index is 0.0929. The van der Waals surface area contributed by atoms with E-state index in [1.807, 2.05) is 4.90 Å². The van der Waals surface area contributed by atoms with E-state index in [4.69, 9.17) is 22.1 Å². The summed E-state index contributed by atoms with van der Waals surface area (Å²) in [5.74, 6) is -0.787. The van der Waals surface area contributed by atoms with Crippen LogP contribution in [0.3, 0.4) is 0 Å². The fourth-order valence-electron chi connectivity index (χ4n) is 4.38. The van der Waals surface area contributed by atoms with Crippen molar-refractivity contribution in [2.75, 3.05) is 31.6 Å². The zero-order valence-corrected chi connectivity index (χ0v) is 18.3. The SMILES string of the molecule is N#CC1CC(C(=O)N2CCOCC2)CCC1n1cc(C(N)=O)c(Nc2ccc(Cl)cc2)n1. The van der Waals surface area contributed by atoms with Crippen LogP contribution in [0.2, 0.25) is 5.02 Å². The molecule has 32 heavy (non-hydrogen) atoms. The Balaban J connectivity index is 1.51. The first-order chi connectivity index (χ1) is 15.5. The van der Waals surface area contributed by atoms with Crippen LogP contribution in [-0.4, -0.2) is 52.8 Å². The van der Waals surface area contributed by atoms with E-state index in [0.29, 0.717) is 62.1 Å². The van der Waals surface area contributed by atoms with Crippen molar-refractivity contribution in [3.05, 3.63) is 41.0 Å². The number of nitrogens with two attached hydrogens (primary N) is 1. The second-order valence-electron chi connectivity index (χ2n) is 8.12. The van der Waals surface area contributed by atoms with Gasteiger partial charge in [0, 0.05) is 35.9 Å². The third-order valence-corrected chi connectivity index (χ3v) is 6.35. The Bertz CT molecular complexity index is 1030. The Morgan fingerprint density at radius 2 is 1.94 bits per heavy atom. The number of morpholine rings is 1. The summed E-state index contributed by atoms with van der Waals surface area (Å²) in [7, 11) is 0. The van der Waals surface area contributed by atoms with E-state index in [9.17, 15) is 14.9 Å². The molecule has 10 heteroatoms. The average molecular weight is 457 g/mol. The van der Waals surface area contributed by atoms with E-state index in [1.165, 1.54) is 0 Å². The Hall–Kier alpha value is -3.09. The van der Waals surface area contributed by atoms with E-state index in [2.05, 4.69) is 16.5 Å². The van der Waals surface area contributed by atoms with Crippen LogP contribution >= 0.6 is 11.6 Å². The van der Waals surface area contributed by atoms with Gasteiger partial charge in [0.05, 0.1) is 31.2 Å². The van der Waals surface area contributed by atoms with Gasteiger partial charge >= 0.3 is 0 Å². The second kappa shape index (κ2) is 9.59. The third kappa shape index (κ3) is 4.71. The number of aromatic nitrogens is 2. The maximum Gasteiger partial charge on any atom is 0.254 e. The predicted molar refractivity (Wildman–Crippen MR) is 118 cm³/mol. The lowest BCUT2D eigenvalue weighted by molar-refractivity contribution is -0.141. The molecule has 4 rings (SSSR count). The summed E-state index contributed by atoms with van der Waals surface area (Å²) < 4.78 is 6.97. The molecule has 1 aromatic carbocycles. The number of amides is 2. The highest BCUT2D eigenvalue weighted by Crippen LogP contribution is 2.38. The first-order valence-electron chi connectivity index (χ1n) is 10.6. The topological polar surface area (TPSA) is 126 Å². The van der Waals surface area contributed by atoms with Crippen LogP contribution < -0.4 is 11.1 Å². The number of nitrogens with one attached hydrogen (secondary N) is 1. The number of benzene rings is 1. The summed E-state index contributed by atoms with van der Waals surface area (Å²) >= 11 is 5.93. The predicted octanol–water partition coefficient (Wildman–Crippen LogP) is 2.72. The number of anilines is 2. The lowest BCUT2D eigenvalue weighted by atomic mass is 9.78. The quantitative estimate of drug-likeness (QED) is 0.712. The molecule has 2 amide bonds. The van der Waals surface area contributed by atoms with Crippen LogP contribution in [0.15, 0.2) is 30.5 Å². The normalized spacial score (nSPS) is 23.4. The first kappa shape index (κ1) is 22.1. The number of hydrogen-bond donors (Lipinski definition) is 2. The van der Waals surface area contributed by atoms with Crippen molar-refractivity contribution in [2.24, 2.45) is 17.6 Å². The molecule has 1 aliphatic heterocycles. The van der Waals surface area contributed by atoms with Gasteiger partial charge in [-0.3, -0.25) is 14.3 Å². The van der Waals surface area contributed by atoms with Crippen molar-refractivity contribution < 1.29 is 14.3 Å². The third-order valence-electron chi connectivity index (χ3n) is 6.10. The number of ether oxygens (including phenoxy) is 1. The van der Waals surface area contributed by atoms with Crippen LogP contribution in [-0.2, 0) is 9.53 Å². The molecule has 0 spiro atoms. The van der Waals surface area contributed by atoms with Gasteiger partial charge in [-0.1, -0.05) is 11.6 Å². The van der Waals surface area contributed by atoms with Crippen molar-refractivity contribution in [1.29, 1.82) is 5.26 Å². The summed E-state index contributed by atoms with van der Waals surface area (Å²) in [6.07, 6.45) is 3.31. The number of primary amides is 1. The lowest BCUT2D eigenvalue weighted by Gasteiger charge is -2.36. The Morgan fingerprint density at radius 1 is 1.22 bits per heavy atom. The number of carbonyl (C=O) groups is 2. The average Bonchev–Trinajstić information content (AvgIpc) is 3.24. The van der Waals surface area contributed by atoms with Gasteiger partial charge in [0.2, 0.25) is 5.91 Å². The van der Waals surface area contributed by atoms with Crippen molar-refractivity contribution in [1.82, 2.24) is 14.7 Å². The molecule has 2 fully saturated rings. The van der Waals surface area contributed by atoms with Gasteiger partial charge in [0.25, 0.3) is 5.91 Å². The van der Waals surface area contributed by atoms with Gasteiger partial charge < -0.3 is 20.7 Å². The van der Waals surface area contributed by atoms with Gasteiger partial charge in [-0.2, -0.15) is 10.4 Å². The van der Waals surface area contributed by atoms with Crippen molar-refractivity contribution >= 4 is 34.9 Å². The molecular weight excluding hydrogens is 432 g/mol. The maximum atomic E-state index is 12.9. The molecule has 3 N–H and O–H groups in total. The van der Waals surface area contributed by atoms with Crippen LogP contribution in [0.1, 0.15) is 35.7 Å². The van der Waals surface area contributed by atoms with Crippen LogP contribution in [0.25, 0.3) is 0 Å². The largest absolute Gasteiger partial charge is 0.378 e. The first-order valence-corrected chi connectivity index (χ1v) is 11.0. The highest BCUT2D eigenvalue weighted by molar-refractivity contribution is 6.30. The molecule has 168 valence electrons. The standard InChI is InChI=1S/C22H25ClN6O3/c23-16-2-4-17(5-3-16)26-21-18(20(25)30)13-29(27-21)19-6-1-14(11-15(19)12-24)22(31)28-7-9-32-10-8-28/h2-5,13-15,19H,1,6-11H2,(H2,25,30)(H,26,27). The summed E-state index contributed by atoms with van der Waals surface area (Å²) in [6.45, 7) is 2.29. The number of nitriles is 1. The number of rotatable bonds is 5. The van der Waals surface area contributed by atoms with E-state index >= 15 is 0 Å². The zero-order chi connectivity index (χ0) is 22.7. The zero-order valence-electron chi connectivity index (χ0n) is 17.5. The van der Waals surface area contributed by atoms with E-state index in [0.717, 1.165) is 0 Å². The minimum atomic E-state index is -0.614. The summed E-state index contributed by atoms with van der Waals surface area (Å²) in [6, 6.07) is 9.10. The smallest absolute Gasteiger partial charge is 0.254 e. The lowest BCUT2D eigenvalue weighted by Crippen LogP contribution is -2.45. The molecule has 2 aromatic rings. The maximum absolute atomic E-state index is 12.9. The van der Waals surface area contributed by atoms with Gasteiger partial charge in [-0.05, 0) is 43.5 Å². The molecular formula is C22H25ClN6O3. The van der Waals surface area contributed by atoms with Crippen LogP contribution in [0, 0.1) is 23.2 Å². The molecule has 1 aromatic heterocycles. The Morgan fingerprint density at radius 3 is 2.59 bits per heavy atom. The van der Waals surface area contributed by atoms with Gasteiger partial charge in [-0.15, -0.1) is 0 Å². The van der Waals surface area contributed by atoms with E-state index in [-0.39, 0.29) is 23.4 Å². The van der Waals surface area contributed by atoms with E-state index in [1.54, 1.807) is 35.1 Å². The van der Waals surface area contributed by atoms with Crippen molar-refractivity contribution in [3.8, 4) is 6.07 Å². The molecule has 1 saturated heterocycles. The second-order valence-corrected chi connectivity index (χ2v) is 8.55. The molecule has 2 aliphatic rings. The minimum Gasteiger partial charge on any atom is -0.378 e. The van der Waals surface area contributed by atoms with Gasteiger partial charge in [-0.25, -0.2) is 0 Å². The number of halogens is 1. The highest BCUT2D eigenvalue weighted by atomic mass is 35.5. The monoisotopic (exact) mass is 456 g/mol. The molecule has 2 heterocycles. The summed E-state index contributed by atoms with van der Waals surface area (Å²) in [5.41, 5.74) is 6.51. The number of nitrogens with zero attached hydrogens (tertiary/aromatic N) is 4. The molecule has 0 bridgehead atoms. The van der Waals surface area contributed by atoms with Crippen LogP contribution in [0.4, 0.5) is 11.5 Å². The number of hydrogen-bond acceptors (Lipinski definition) is 6. The van der Waals surface area contributed by atoms with Crippen molar-refractivity contribution in [3.63, 3.8) is 0 Å². The molecule has 3 atom stereocenters. The van der Waals surface area contributed by atoms with Gasteiger partial charge in [0.15, 0.2) is 5.82 Å². The summed E-state index contributed by atoms with van der Waals surface area (Å²) in [5, 5.41) is 18.1. The molecule has 1 aliphatic carbocycles. The Labute approximate surface area is 191 Å². The molecule has 3 unspecified atom stereocenters. The summed E-state index contributed by atoms with van der Waals surface area (Å²) in [4.78, 5) is 26.7.